The molecule has 19 heavy (non-hydrogen) atoms. The van der Waals surface area contributed by atoms with Crippen LogP contribution >= 0.6 is 15.9 Å². The number of halogens is 4. The zero-order chi connectivity index (χ0) is 14.5. The van der Waals surface area contributed by atoms with Gasteiger partial charge in [-0.2, -0.15) is 13.2 Å². The number of hydrogen-bond acceptors (Lipinski definition) is 2. The van der Waals surface area contributed by atoms with Crippen molar-refractivity contribution in [2.45, 2.75) is 19.5 Å². The molecule has 0 fully saturated rings. The van der Waals surface area contributed by atoms with E-state index in [0.717, 1.165) is 10.0 Å². The Morgan fingerprint density at radius 3 is 2.74 bits per heavy atom. The summed E-state index contributed by atoms with van der Waals surface area (Å²) in [6, 6.07) is 5.38. The van der Waals surface area contributed by atoms with Crippen molar-refractivity contribution in [3.8, 4) is 0 Å². The fourth-order valence-corrected chi connectivity index (χ4v) is 1.66. The summed E-state index contributed by atoms with van der Waals surface area (Å²) >= 11 is 3.27. The highest BCUT2D eigenvalue weighted by Gasteiger charge is 2.27. The lowest BCUT2D eigenvalue weighted by atomic mass is 10.2. The zero-order valence-electron chi connectivity index (χ0n) is 10.2. The van der Waals surface area contributed by atoms with Crippen molar-refractivity contribution >= 4 is 27.5 Å². The highest BCUT2D eigenvalue weighted by atomic mass is 79.9. The largest absolute Gasteiger partial charge is 0.411 e. The monoisotopic (exact) mass is 339 g/mol. The number of hydrogen-bond donors (Lipinski definition) is 1. The van der Waals surface area contributed by atoms with E-state index in [-0.39, 0.29) is 18.9 Å². The fourth-order valence-electron chi connectivity index (χ4n) is 1.29. The van der Waals surface area contributed by atoms with E-state index in [2.05, 4.69) is 26.0 Å². The van der Waals surface area contributed by atoms with Crippen LogP contribution in [0, 0.1) is 6.92 Å². The Morgan fingerprint density at radius 1 is 1.42 bits per heavy atom. The van der Waals surface area contributed by atoms with Crippen LogP contribution in [0.4, 0.5) is 18.9 Å². The number of amides is 1. The topological polar surface area (TPSA) is 38.3 Å². The van der Waals surface area contributed by atoms with Crippen molar-refractivity contribution in [2.75, 3.05) is 18.5 Å². The van der Waals surface area contributed by atoms with E-state index in [9.17, 15) is 18.0 Å². The number of nitrogens with one attached hydrogen (secondary N) is 1. The van der Waals surface area contributed by atoms with Crippen molar-refractivity contribution in [2.24, 2.45) is 0 Å². The minimum Gasteiger partial charge on any atom is -0.372 e. The van der Waals surface area contributed by atoms with Gasteiger partial charge in [0, 0.05) is 10.2 Å². The highest BCUT2D eigenvalue weighted by Crippen LogP contribution is 2.20. The Labute approximate surface area is 117 Å². The quantitative estimate of drug-likeness (QED) is 0.831. The maximum atomic E-state index is 11.8. The van der Waals surface area contributed by atoms with Gasteiger partial charge in [-0.15, -0.1) is 0 Å². The van der Waals surface area contributed by atoms with Crippen molar-refractivity contribution in [1.29, 1.82) is 0 Å². The molecule has 7 heteroatoms. The summed E-state index contributed by atoms with van der Waals surface area (Å²) in [5.41, 5.74) is 1.49. The van der Waals surface area contributed by atoms with Crippen LogP contribution < -0.4 is 5.32 Å². The summed E-state index contributed by atoms with van der Waals surface area (Å²) in [6.45, 7) is 0.219. The maximum Gasteiger partial charge on any atom is 0.411 e. The van der Waals surface area contributed by atoms with Crippen LogP contribution in [0.2, 0.25) is 0 Å². The molecule has 0 aliphatic rings. The van der Waals surface area contributed by atoms with Crippen LogP contribution in [0.1, 0.15) is 12.0 Å². The Balaban J connectivity index is 2.37. The number of ether oxygens (including phenoxy) is 1. The fraction of sp³-hybridized carbons (Fsp3) is 0.417. The number of anilines is 1. The van der Waals surface area contributed by atoms with E-state index in [1.165, 1.54) is 0 Å². The molecule has 0 heterocycles. The van der Waals surface area contributed by atoms with E-state index in [1.54, 1.807) is 6.07 Å². The number of aryl methyl sites for hydroxylation is 1. The molecular formula is C12H13BrF3NO2. The molecular weight excluding hydrogens is 327 g/mol. The van der Waals surface area contributed by atoms with Gasteiger partial charge in [-0.25, -0.2) is 0 Å². The molecule has 106 valence electrons. The molecule has 0 spiro atoms. The SMILES string of the molecule is Cc1ccc(Br)cc1NC(=O)CCOCC(F)(F)F. The van der Waals surface area contributed by atoms with Gasteiger partial charge in [0.1, 0.15) is 6.61 Å². The normalized spacial score (nSPS) is 11.4. The second-order valence-corrected chi connectivity index (χ2v) is 4.84. The van der Waals surface area contributed by atoms with Crippen molar-refractivity contribution in [3.05, 3.63) is 28.2 Å². The first-order chi connectivity index (χ1) is 8.78. The van der Waals surface area contributed by atoms with Crippen molar-refractivity contribution < 1.29 is 22.7 Å². The summed E-state index contributed by atoms with van der Waals surface area (Å²) in [6.07, 6.45) is -4.49. The first-order valence-corrected chi connectivity index (χ1v) is 6.28. The van der Waals surface area contributed by atoms with E-state index in [1.807, 2.05) is 19.1 Å². The van der Waals surface area contributed by atoms with Gasteiger partial charge in [-0.3, -0.25) is 4.79 Å². The smallest absolute Gasteiger partial charge is 0.372 e. The van der Waals surface area contributed by atoms with Crippen LogP contribution in [0.3, 0.4) is 0 Å². The average molecular weight is 340 g/mol. The molecule has 1 rings (SSSR count). The first-order valence-electron chi connectivity index (χ1n) is 5.48. The van der Waals surface area contributed by atoms with Crippen LogP contribution in [-0.2, 0) is 9.53 Å². The molecule has 0 bridgehead atoms. The standard InChI is InChI=1S/C12H13BrF3NO2/c1-8-2-3-9(13)6-10(8)17-11(18)4-5-19-7-12(14,15)16/h2-3,6H,4-5,7H2,1H3,(H,17,18). The minimum absolute atomic E-state index is 0.123. The van der Waals surface area contributed by atoms with Gasteiger partial charge in [0.15, 0.2) is 0 Å². The Kier molecular flexibility index (Phi) is 5.81. The number of carbonyl (C=O) groups excluding carboxylic acids is 1. The van der Waals surface area contributed by atoms with Gasteiger partial charge in [0.2, 0.25) is 5.91 Å². The average Bonchev–Trinajstić information content (AvgIpc) is 2.28. The molecule has 1 N–H and O–H groups in total. The van der Waals surface area contributed by atoms with Gasteiger partial charge in [-0.1, -0.05) is 22.0 Å². The Morgan fingerprint density at radius 2 is 2.11 bits per heavy atom. The van der Waals surface area contributed by atoms with Crippen LogP contribution in [0.15, 0.2) is 22.7 Å². The summed E-state index contributed by atoms with van der Waals surface area (Å²) < 4.78 is 40.6. The number of benzene rings is 1. The van der Waals surface area contributed by atoms with Crippen LogP contribution in [-0.4, -0.2) is 25.3 Å². The van der Waals surface area contributed by atoms with E-state index in [4.69, 9.17) is 0 Å². The van der Waals surface area contributed by atoms with Gasteiger partial charge >= 0.3 is 6.18 Å². The van der Waals surface area contributed by atoms with Gasteiger partial charge in [0.25, 0.3) is 0 Å². The molecule has 1 aromatic rings. The Bertz CT molecular complexity index is 449. The van der Waals surface area contributed by atoms with E-state index >= 15 is 0 Å². The minimum atomic E-state index is -4.36. The third-order valence-corrected chi connectivity index (χ3v) is 2.71. The van der Waals surface area contributed by atoms with E-state index < -0.39 is 12.8 Å². The predicted molar refractivity (Wildman–Crippen MR) is 69.0 cm³/mol. The molecule has 0 radical (unpaired) electrons. The molecule has 0 saturated carbocycles. The lowest BCUT2D eigenvalue weighted by molar-refractivity contribution is -0.174. The van der Waals surface area contributed by atoms with Crippen LogP contribution in [0.5, 0.6) is 0 Å². The molecule has 3 nitrogen and oxygen atoms in total. The van der Waals surface area contributed by atoms with E-state index in [0.29, 0.717) is 5.69 Å². The molecule has 0 unspecified atom stereocenters. The lowest BCUT2D eigenvalue weighted by Gasteiger charge is -2.10. The zero-order valence-corrected chi connectivity index (χ0v) is 11.8. The number of alkyl halides is 3. The second kappa shape index (κ2) is 6.91. The molecule has 1 aromatic carbocycles. The van der Waals surface area contributed by atoms with Gasteiger partial charge < -0.3 is 10.1 Å². The van der Waals surface area contributed by atoms with Crippen molar-refractivity contribution in [3.63, 3.8) is 0 Å². The van der Waals surface area contributed by atoms with Gasteiger partial charge in [-0.05, 0) is 24.6 Å². The second-order valence-electron chi connectivity index (χ2n) is 3.93. The molecule has 0 saturated heterocycles. The van der Waals surface area contributed by atoms with Crippen molar-refractivity contribution in [1.82, 2.24) is 0 Å². The maximum absolute atomic E-state index is 11.8. The van der Waals surface area contributed by atoms with Gasteiger partial charge in [0.05, 0.1) is 13.0 Å². The lowest BCUT2D eigenvalue weighted by Crippen LogP contribution is -2.20. The molecule has 0 aromatic heterocycles. The summed E-state index contributed by atoms with van der Waals surface area (Å²) in [5.74, 6) is -0.386. The first kappa shape index (κ1) is 16.0. The third kappa shape index (κ3) is 6.58. The molecule has 0 aliphatic carbocycles. The predicted octanol–water partition coefficient (Wildman–Crippen LogP) is 3.67. The summed E-state index contributed by atoms with van der Waals surface area (Å²) in [5, 5.41) is 2.62. The number of rotatable bonds is 5. The molecule has 1 amide bonds. The molecule has 0 aliphatic heterocycles. The number of carbonyl (C=O) groups is 1. The Hall–Kier alpha value is -1.08. The molecule has 0 atom stereocenters. The summed E-state index contributed by atoms with van der Waals surface area (Å²) in [7, 11) is 0. The summed E-state index contributed by atoms with van der Waals surface area (Å²) in [4.78, 5) is 11.5. The third-order valence-electron chi connectivity index (χ3n) is 2.21. The highest BCUT2D eigenvalue weighted by molar-refractivity contribution is 9.10. The van der Waals surface area contributed by atoms with Crippen LogP contribution in [0.25, 0.3) is 0 Å².